The van der Waals surface area contributed by atoms with Gasteiger partial charge in [-0.2, -0.15) is 0 Å². The van der Waals surface area contributed by atoms with E-state index in [0.717, 1.165) is 0 Å². The largest absolute Gasteiger partial charge is 0.348 e. The molecule has 0 aromatic heterocycles. The third kappa shape index (κ3) is 3.90. The van der Waals surface area contributed by atoms with Gasteiger partial charge in [0.05, 0.1) is 17.6 Å². The molecule has 5 nitrogen and oxygen atoms in total. The van der Waals surface area contributed by atoms with Crippen molar-refractivity contribution in [2.24, 2.45) is 0 Å². The van der Waals surface area contributed by atoms with E-state index in [1.165, 1.54) is 24.3 Å². The number of sulfonamides is 1. The molecule has 1 fully saturated rings. The molecule has 1 atom stereocenters. The normalized spacial score (nSPS) is 22.6. The van der Waals surface area contributed by atoms with Gasteiger partial charge >= 0.3 is 0 Å². The van der Waals surface area contributed by atoms with Crippen molar-refractivity contribution < 1.29 is 17.9 Å². The second kappa shape index (κ2) is 5.38. The number of hydrogen-bond donors (Lipinski definition) is 1. The fourth-order valence-corrected chi connectivity index (χ4v) is 2.96. The van der Waals surface area contributed by atoms with Crippen molar-refractivity contribution in [3.63, 3.8) is 0 Å². The van der Waals surface area contributed by atoms with Crippen molar-refractivity contribution in [2.75, 3.05) is 13.2 Å². The SMILES string of the molecule is CC1(C)OCC(CNS(=O)(=O)c2ccc(Cl)cc2)O1. The Kier molecular flexibility index (Phi) is 4.17. The Morgan fingerprint density at radius 2 is 2.00 bits per heavy atom. The Morgan fingerprint density at radius 3 is 2.53 bits per heavy atom. The molecule has 2 rings (SSSR count). The fourth-order valence-electron chi connectivity index (χ4n) is 1.76. The molecule has 0 spiro atoms. The molecule has 1 aromatic carbocycles. The molecule has 19 heavy (non-hydrogen) atoms. The minimum absolute atomic E-state index is 0.175. The molecule has 0 bridgehead atoms. The van der Waals surface area contributed by atoms with E-state index in [2.05, 4.69) is 4.72 Å². The number of nitrogens with one attached hydrogen (secondary N) is 1. The number of benzene rings is 1. The molecule has 1 heterocycles. The van der Waals surface area contributed by atoms with E-state index in [1.54, 1.807) is 13.8 Å². The maximum Gasteiger partial charge on any atom is 0.240 e. The molecular weight excluding hydrogens is 290 g/mol. The topological polar surface area (TPSA) is 64.6 Å². The summed E-state index contributed by atoms with van der Waals surface area (Å²) in [5.41, 5.74) is 0. The van der Waals surface area contributed by atoms with Gasteiger partial charge in [0.25, 0.3) is 0 Å². The van der Waals surface area contributed by atoms with Gasteiger partial charge < -0.3 is 9.47 Å². The zero-order valence-electron chi connectivity index (χ0n) is 10.7. The van der Waals surface area contributed by atoms with Gasteiger partial charge in [-0.25, -0.2) is 13.1 Å². The average molecular weight is 306 g/mol. The molecule has 1 unspecified atom stereocenters. The van der Waals surface area contributed by atoms with Gasteiger partial charge in [0, 0.05) is 11.6 Å². The van der Waals surface area contributed by atoms with Crippen LogP contribution in [0.5, 0.6) is 0 Å². The first-order valence-corrected chi connectivity index (χ1v) is 7.72. The summed E-state index contributed by atoms with van der Waals surface area (Å²) in [6, 6.07) is 5.99. The molecule has 0 saturated carbocycles. The van der Waals surface area contributed by atoms with Gasteiger partial charge in [0.1, 0.15) is 0 Å². The second-order valence-electron chi connectivity index (χ2n) is 4.76. The van der Waals surface area contributed by atoms with Crippen LogP contribution in [0, 0.1) is 0 Å². The van der Waals surface area contributed by atoms with Crippen LogP contribution in [-0.2, 0) is 19.5 Å². The first-order valence-electron chi connectivity index (χ1n) is 5.85. The van der Waals surface area contributed by atoms with Crippen molar-refractivity contribution in [3.8, 4) is 0 Å². The highest BCUT2D eigenvalue weighted by atomic mass is 35.5. The Balaban J connectivity index is 1.97. The highest BCUT2D eigenvalue weighted by Gasteiger charge is 2.33. The van der Waals surface area contributed by atoms with E-state index in [4.69, 9.17) is 21.1 Å². The lowest BCUT2D eigenvalue weighted by Gasteiger charge is -2.17. The maximum atomic E-state index is 12.0. The third-order valence-corrected chi connectivity index (χ3v) is 4.38. The third-order valence-electron chi connectivity index (χ3n) is 2.69. The minimum Gasteiger partial charge on any atom is -0.348 e. The van der Waals surface area contributed by atoms with Gasteiger partial charge in [-0.3, -0.25) is 0 Å². The highest BCUT2D eigenvalue weighted by molar-refractivity contribution is 7.89. The summed E-state index contributed by atoms with van der Waals surface area (Å²) in [6.45, 7) is 4.13. The van der Waals surface area contributed by atoms with E-state index in [9.17, 15) is 8.42 Å². The smallest absolute Gasteiger partial charge is 0.240 e. The average Bonchev–Trinajstić information content (AvgIpc) is 2.67. The lowest BCUT2D eigenvalue weighted by Crippen LogP contribution is -2.34. The quantitative estimate of drug-likeness (QED) is 0.921. The number of rotatable bonds is 4. The van der Waals surface area contributed by atoms with Crippen molar-refractivity contribution in [1.82, 2.24) is 4.72 Å². The van der Waals surface area contributed by atoms with E-state index < -0.39 is 15.8 Å². The molecule has 0 radical (unpaired) electrons. The zero-order valence-corrected chi connectivity index (χ0v) is 12.3. The van der Waals surface area contributed by atoms with Gasteiger partial charge in [-0.05, 0) is 38.1 Å². The van der Waals surface area contributed by atoms with Crippen LogP contribution in [0.15, 0.2) is 29.2 Å². The number of hydrogen-bond acceptors (Lipinski definition) is 4. The predicted octanol–water partition coefficient (Wildman–Crippen LogP) is 1.77. The summed E-state index contributed by atoms with van der Waals surface area (Å²) < 4.78 is 37.4. The summed E-state index contributed by atoms with van der Waals surface area (Å²) in [5.74, 6) is -0.656. The fraction of sp³-hybridized carbons (Fsp3) is 0.500. The van der Waals surface area contributed by atoms with Crippen LogP contribution in [0.4, 0.5) is 0 Å². The summed E-state index contributed by atoms with van der Waals surface area (Å²) in [6.07, 6.45) is -0.280. The number of ether oxygens (including phenoxy) is 2. The molecule has 0 amide bonds. The lowest BCUT2D eigenvalue weighted by atomic mass is 10.4. The standard InChI is InChI=1S/C12H16ClNO4S/c1-12(2)17-8-10(18-12)7-14-19(15,16)11-5-3-9(13)4-6-11/h3-6,10,14H,7-8H2,1-2H3. The summed E-state index contributed by atoms with van der Waals surface area (Å²) in [7, 11) is -3.55. The second-order valence-corrected chi connectivity index (χ2v) is 6.96. The lowest BCUT2D eigenvalue weighted by molar-refractivity contribution is -0.137. The molecule has 106 valence electrons. The molecule has 1 aliphatic heterocycles. The summed E-state index contributed by atoms with van der Waals surface area (Å²) >= 11 is 5.72. The number of halogens is 1. The summed E-state index contributed by atoms with van der Waals surface area (Å²) in [4.78, 5) is 0.176. The molecule has 1 saturated heterocycles. The Morgan fingerprint density at radius 1 is 1.37 bits per heavy atom. The molecule has 1 N–H and O–H groups in total. The van der Waals surface area contributed by atoms with Gasteiger partial charge in [-0.15, -0.1) is 0 Å². The van der Waals surface area contributed by atoms with Crippen molar-refractivity contribution >= 4 is 21.6 Å². The molecule has 1 aromatic rings. The summed E-state index contributed by atoms with van der Waals surface area (Å²) in [5, 5.41) is 0.494. The van der Waals surface area contributed by atoms with Gasteiger partial charge in [0.15, 0.2) is 5.79 Å². The molecule has 0 aliphatic carbocycles. The van der Waals surface area contributed by atoms with Crippen LogP contribution >= 0.6 is 11.6 Å². The highest BCUT2D eigenvalue weighted by Crippen LogP contribution is 2.22. The Labute approximate surface area is 117 Å². The van der Waals surface area contributed by atoms with Gasteiger partial charge in [-0.1, -0.05) is 11.6 Å². The first-order chi connectivity index (χ1) is 8.78. The Bertz CT molecular complexity index is 541. The van der Waals surface area contributed by atoms with Crippen LogP contribution in [0.1, 0.15) is 13.8 Å². The Hall–Kier alpha value is -0.660. The first kappa shape index (κ1) is 14.7. The van der Waals surface area contributed by atoms with Crippen LogP contribution < -0.4 is 4.72 Å². The van der Waals surface area contributed by atoms with Gasteiger partial charge in [0.2, 0.25) is 10.0 Å². The van der Waals surface area contributed by atoms with Crippen molar-refractivity contribution in [1.29, 1.82) is 0 Å². The monoisotopic (exact) mass is 305 g/mol. The van der Waals surface area contributed by atoms with Crippen molar-refractivity contribution in [2.45, 2.75) is 30.6 Å². The van der Waals surface area contributed by atoms with Crippen LogP contribution in [0.2, 0.25) is 5.02 Å². The predicted molar refractivity (Wildman–Crippen MR) is 71.5 cm³/mol. The van der Waals surface area contributed by atoms with Crippen molar-refractivity contribution in [3.05, 3.63) is 29.3 Å². The molecule has 1 aliphatic rings. The minimum atomic E-state index is -3.55. The zero-order chi connectivity index (χ0) is 14.1. The van der Waals surface area contributed by atoms with E-state index >= 15 is 0 Å². The van der Waals surface area contributed by atoms with Crippen LogP contribution in [-0.4, -0.2) is 33.5 Å². The van der Waals surface area contributed by atoms with Crippen LogP contribution in [0.25, 0.3) is 0 Å². The van der Waals surface area contributed by atoms with E-state index in [1.807, 2.05) is 0 Å². The van der Waals surface area contributed by atoms with E-state index in [0.29, 0.717) is 11.6 Å². The molecular formula is C12H16ClNO4S. The van der Waals surface area contributed by atoms with Crippen LogP contribution in [0.3, 0.4) is 0 Å². The molecule has 7 heteroatoms. The van der Waals surface area contributed by atoms with E-state index in [-0.39, 0.29) is 17.5 Å². The maximum absolute atomic E-state index is 12.0.